The molecule has 0 aliphatic heterocycles. The van der Waals surface area contributed by atoms with Crippen molar-refractivity contribution in [3.63, 3.8) is 0 Å². The van der Waals surface area contributed by atoms with Crippen molar-refractivity contribution in [1.29, 1.82) is 0 Å². The van der Waals surface area contributed by atoms with Gasteiger partial charge in [-0.05, 0) is 12.1 Å². The number of hydrogen-bond donors (Lipinski definition) is 1. The van der Waals surface area contributed by atoms with Gasteiger partial charge in [-0.25, -0.2) is 0 Å². The number of aliphatic hydroxyl groups excluding tert-OH is 1. The molecule has 0 radical (unpaired) electrons. The summed E-state index contributed by atoms with van der Waals surface area (Å²) >= 11 is 11.8. The average molecular weight is 288 g/mol. The second kappa shape index (κ2) is 6.20. The Labute approximate surface area is 114 Å². The van der Waals surface area contributed by atoms with Crippen molar-refractivity contribution in [3.8, 4) is 11.3 Å². The number of aromatic nitrogens is 1. The molecule has 0 spiro atoms. The lowest BCUT2D eigenvalue weighted by atomic mass is 10.1. The van der Waals surface area contributed by atoms with E-state index in [2.05, 4.69) is 5.16 Å². The summed E-state index contributed by atoms with van der Waals surface area (Å²) in [7, 11) is 0. The van der Waals surface area contributed by atoms with Crippen molar-refractivity contribution in [2.75, 3.05) is 13.2 Å². The van der Waals surface area contributed by atoms with Crippen LogP contribution in [0.5, 0.6) is 0 Å². The standard InChI is InChI=1S/C12H11Cl2NO3/c13-10-2-1-8(5-11(10)14)12-6-9(18-15-12)7-17-4-3-16/h1-2,5-6,16H,3-4,7H2. The maximum atomic E-state index is 8.59. The van der Waals surface area contributed by atoms with E-state index in [1.54, 1.807) is 18.2 Å². The van der Waals surface area contributed by atoms with Crippen molar-refractivity contribution in [2.45, 2.75) is 6.61 Å². The zero-order valence-corrected chi connectivity index (χ0v) is 10.9. The van der Waals surface area contributed by atoms with E-state index in [0.717, 1.165) is 5.56 Å². The van der Waals surface area contributed by atoms with Gasteiger partial charge in [-0.1, -0.05) is 34.4 Å². The third kappa shape index (κ3) is 3.23. The van der Waals surface area contributed by atoms with Crippen LogP contribution in [0.2, 0.25) is 10.0 Å². The molecule has 0 amide bonds. The fourth-order valence-corrected chi connectivity index (χ4v) is 1.71. The van der Waals surface area contributed by atoms with Gasteiger partial charge >= 0.3 is 0 Å². The second-order valence-corrected chi connectivity index (χ2v) is 4.40. The molecule has 0 aliphatic rings. The Balaban J connectivity index is 2.11. The summed E-state index contributed by atoms with van der Waals surface area (Å²) in [5.41, 5.74) is 1.48. The Hall–Kier alpha value is -1.07. The molecule has 1 aromatic carbocycles. The molecule has 0 fully saturated rings. The van der Waals surface area contributed by atoms with Gasteiger partial charge in [0.25, 0.3) is 0 Å². The van der Waals surface area contributed by atoms with Crippen LogP contribution >= 0.6 is 23.2 Å². The third-order valence-corrected chi connectivity index (χ3v) is 2.99. The average Bonchev–Trinajstić information content (AvgIpc) is 2.82. The highest BCUT2D eigenvalue weighted by molar-refractivity contribution is 6.42. The predicted molar refractivity (Wildman–Crippen MR) is 68.7 cm³/mol. The molecule has 1 N–H and O–H groups in total. The van der Waals surface area contributed by atoms with E-state index in [1.807, 2.05) is 6.07 Å². The largest absolute Gasteiger partial charge is 0.394 e. The summed E-state index contributed by atoms with van der Waals surface area (Å²) in [5, 5.41) is 13.5. The Morgan fingerprint density at radius 2 is 2.06 bits per heavy atom. The second-order valence-electron chi connectivity index (χ2n) is 3.58. The molecule has 2 rings (SSSR count). The predicted octanol–water partition coefficient (Wildman–Crippen LogP) is 3.16. The normalized spacial score (nSPS) is 10.8. The van der Waals surface area contributed by atoms with Crippen LogP contribution in [0.3, 0.4) is 0 Å². The van der Waals surface area contributed by atoms with Gasteiger partial charge in [-0.2, -0.15) is 0 Å². The van der Waals surface area contributed by atoms with Crippen LogP contribution in [0.4, 0.5) is 0 Å². The highest BCUT2D eigenvalue weighted by Gasteiger charge is 2.08. The topological polar surface area (TPSA) is 55.5 Å². The Morgan fingerprint density at radius 3 is 2.78 bits per heavy atom. The van der Waals surface area contributed by atoms with Gasteiger partial charge in [0.2, 0.25) is 0 Å². The van der Waals surface area contributed by atoms with Crippen LogP contribution in [-0.4, -0.2) is 23.5 Å². The van der Waals surface area contributed by atoms with Gasteiger partial charge in [-0.3, -0.25) is 0 Å². The highest BCUT2D eigenvalue weighted by atomic mass is 35.5. The molecule has 4 nitrogen and oxygen atoms in total. The molecule has 0 saturated carbocycles. The van der Waals surface area contributed by atoms with Crippen LogP contribution in [0.25, 0.3) is 11.3 Å². The highest BCUT2D eigenvalue weighted by Crippen LogP contribution is 2.28. The number of nitrogens with zero attached hydrogens (tertiary/aromatic N) is 1. The van der Waals surface area contributed by atoms with E-state index in [4.69, 9.17) is 37.6 Å². The smallest absolute Gasteiger partial charge is 0.163 e. The molecule has 0 aliphatic carbocycles. The number of ether oxygens (including phenoxy) is 1. The summed E-state index contributed by atoms with van der Waals surface area (Å²) in [6.07, 6.45) is 0. The van der Waals surface area contributed by atoms with Gasteiger partial charge in [-0.15, -0.1) is 0 Å². The first-order valence-electron chi connectivity index (χ1n) is 5.30. The van der Waals surface area contributed by atoms with Crippen LogP contribution in [-0.2, 0) is 11.3 Å². The molecule has 0 unspecified atom stereocenters. The lowest BCUT2D eigenvalue weighted by Gasteiger charge is -1.98. The molecule has 1 heterocycles. The molecule has 0 saturated heterocycles. The van der Waals surface area contributed by atoms with Gasteiger partial charge in [0.15, 0.2) is 5.76 Å². The number of benzene rings is 1. The van der Waals surface area contributed by atoms with Crippen molar-refractivity contribution >= 4 is 23.2 Å². The maximum Gasteiger partial charge on any atom is 0.163 e. The molecule has 96 valence electrons. The van der Waals surface area contributed by atoms with E-state index in [1.165, 1.54) is 0 Å². The summed E-state index contributed by atoms with van der Waals surface area (Å²) in [5.74, 6) is 0.588. The van der Waals surface area contributed by atoms with Crippen molar-refractivity contribution < 1.29 is 14.4 Å². The van der Waals surface area contributed by atoms with E-state index in [9.17, 15) is 0 Å². The van der Waals surface area contributed by atoms with Gasteiger partial charge < -0.3 is 14.4 Å². The summed E-state index contributed by atoms with van der Waals surface area (Å²) in [4.78, 5) is 0. The van der Waals surface area contributed by atoms with Crippen LogP contribution in [0, 0.1) is 0 Å². The molecule has 1 aromatic heterocycles. The number of hydrogen-bond acceptors (Lipinski definition) is 4. The third-order valence-electron chi connectivity index (χ3n) is 2.25. The van der Waals surface area contributed by atoms with E-state index in [-0.39, 0.29) is 19.8 Å². The van der Waals surface area contributed by atoms with Crippen LogP contribution < -0.4 is 0 Å². The number of rotatable bonds is 5. The lowest BCUT2D eigenvalue weighted by molar-refractivity contribution is 0.0683. The quantitative estimate of drug-likeness (QED) is 0.859. The monoisotopic (exact) mass is 287 g/mol. The molecule has 2 aromatic rings. The fourth-order valence-electron chi connectivity index (χ4n) is 1.41. The maximum absolute atomic E-state index is 8.59. The van der Waals surface area contributed by atoms with Crippen molar-refractivity contribution in [3.05, 3.63) is 40.1 Å². The van der Waals surface area contributed by atoms with Crippen molar-refractivity contribution in [1.82, 2.24) is 5.16 Å². The van der Waals surface area contributed by atoms with Gasteiger partial charge in [0, 0.05) is 11.6 Å². The lowest BCUT2D eigenvalue weighted by Crippen LogP contribution is -1.98. The number of halogens is 2. The van der Waals surface area contributed by atoms with E-state index in [0.29, 0.717) is 21.5 Å². The minimum Gasteiger partial charge on any atom is -0.394 e. The molecule has 0 bridgehead atoms. The van der Waals surface area contributed by atoms with Gasteiger partial charge in [0.1, 0.15) is 12.3 Å². The Morgan fingerprint density at radius 1 is 1.22 bits per heavy atom. The zero-order valence-electron chi connectivity index (χ0n) is 9.40. The first-order valence-corrected chi connectivity index (χ1v) is 6.06. The first-order chi connectivity index (χ1) is 8.70. The van der Waals surface area contributed by atoms with Gasteiger partial charge in [0.05, 0.1) is 23.3 Å². The molecule has 18 heavy (non-hydrogen) atoms. The summed E-state index contributed by atoms with van der Waals surface area (Å²) in [6.45, 7) is 0.519. The summed E-state index contributed by atoms with van der Waals surface area (Å²) in [6, 6.07) is 7.00. The summed E-state index contributed by atoms with van der Waals surface area (Å²) < 4.78 is 10.2. The first kappa shape index (κ1) is 13.4. The molecular formula is C12H11Cl2NO3. The van der Waals surface area contributed by atoms with Crippen LogP contribution in [0.1, 0.15) is 5.76 Å². The molecule has 6 heteroatoms. The van der Waals surface area contributed by atoms with E-state index < -0.39 is 0 Å². The van der Waals surface area contributed by atoms with Crippen LogP contribution in [0.15, 0.2) is 28.8 Å². The SMILES string of the molecule is OCCOCc1cc(-c2ccc(Cl)c(Cl)c2)no1. The zero-order chi connectivity index (χ0) is 13.0. The minimum absolute atomic E-state index is 0.0201. The van der Waals surface area contributed by atoms with Crippen molar-refractivity contribution in [2.24, 2.45) is 0 Å². The Kier molecular flexibility index (Phi) is 4.60. The minimum atomic E-state index is -0.0201. The number of aliphatic hydroxyl groups is 1. The molecule has 0 atom stereocenters. The Bertz CT molecular complexity index is 528. The molecular weight excluding hydrogens is 277 g/mol. The van der Waals surface area contributed by atoms with E-state index >= 15 is 0 Å². The fraction of sp³-hybridized carbons (Fsp3) is 0.250.